The highest BCUT2D eigenvalue weighted by atomic mass is 14.5. The molecule has 0 heteroatoms. The molecule has 0 aliphatic heterocycles. The molecule has 4 bridgehead atoms. The Bertz CT molecular complexity index is 143. The van der Waals surface area contributed by atoms with E-state index >= 15 is 0 Å². The lowest BCUT2D eigenvalue weighted by atomic mass is 9.52. The molecule has 0 N–H and O–H groups in total. The summed E-state index contributed by atoms with van der Waals surface area (Å²) in [7, 11) is 0. The fraction of sp³-hybridized carbons (Fsp3) is 0.909. The molecule has 0 aromatic heterocycles. The third kappa shape index (κ3) is 0.816. The molecule has 1 radical (unpaired) electrons. The van der Waals surface area contributed by atoms with Crippen LogP contribution in [0.3, 0.4) is 0 Å². The van der Waals surface area contributed by atoms with Gasteiger partial charge in [-0.05, 0) is 68.6 Å². The Morgan fingerprint density at radius 2 is 1.18 bits per heavy atom. The monoisotopic (exact) mass is 149 g/mol. The lowest BCUT2D eigenvalue weighted by Gasteiger charge is -2.53. The molecule has 11 heavy (non-hydrogen) atoms. The molecule has 4 aliphatic rings. The zero-order chi connectivity index (χ0) is 7.42. The average molecular weight is 149 g/mol. The van der Waals surface area contributed by atoms with Gasteiger partial charge in [-0.3, -0.25) is 0 Å². The molecular formula is C11H17. The van der Waals surface area contributed by atoms with Crippen molar-refractivity contribution in [3.63, 3.8) is 0 Å². The molecule has 0 heterocycles. The third-order valence-corrected chi connectivity index (χ3v) is 4.42. The summed E-state index contributed by atoms with van der Waals surface area (Å²) in [4.78, 5) is 0. The third-order valence-electron chi connectivity index (χ3n) is 4.42. The van der Waals surface area contributed by atoms with Gasteiger partial charge in [-0.25, -0.2) is 0 Å². The molecule has 61 valence electrons. The Kier molecular flexibility index (Phi) is 1.20. The van der Waals surface area contributed by atoms with E-state index in [2.05, 4.69) is 6.92 Å². The Morgan fingerprint density at radius 1 is 0.727 bits per heavy atom. The lowest BCUT2D eigenvalue weighted by Crippen LogP contribution is -2.43. The first kappa shape index (κ1) is 6.51. The van der Waals surface area contributed by atoms with Gasteiger partial charge >= 0.3 is 0 Å². The van der Waals surface area contributed by atoms with Crippen LogP contribution in [0, 0.1) is 36.5 Å². The molecule has 0 aromatic rings. The van der Waals surface area contributed by atoms with E-state index in [1.807, 2.05) is 0 Å². The second-order valence-corrected chi connectivity index (χ2v) is 5.09. The van der Waals surface area contributed by atoms with Gasteiger partial charge in [-0.2, -0.15) is 0 Å². The van der Waals surface area contributed by atoms with Crippen molar-refractivity contribution < 1.29 is 0 Å². The first-order valence-corrected chi connectivity index (χ1v) is 5.16. The van der Waals surface area contributed by atoms with Crippen LogP contribution in [-0.2, 0) is 0 Å². The Balaban J connectivity index is 1.91. The van der Waals surface area contributed by atoms with Crippen LogP contribution in [0.2, 0.25) is 0 Å². The smallest absolute Gasteiger partial charge is 0.0357 e. The van der Waals surface area contributed by atoms with Crippen molar-refractivity contribution in [2.75, 3.05) is 0 Å². The summed E-state index contributed by atoms with van der Waals surface area (Å²) in [6, 6.07) is 0. The summed E-state index contributed by atoms with van der Waals surface area (Å²) < 4.78 is 0. The summed E-state index contributed by atoms with van der Waals surface area (Å²) in [6.07, 6.45) is 7.68. The maximum Gasteiger partial charge on any atom is -0.0357 e. The molecule has 4 aliphatic carbocycles. The minimum atomic E-state index is 0.836. The molecule has 4 fully saturated rings. The van der Waals surface area contributed by atoms with Crippen molar-refractivity contribution in [1.82, 2.24) is 0 Å². The normalized spacial score (nSPS) is 60.3. The topological polar surface area (TPSA) is 0 Å². The van der Waals surface area contributed by atoms with Gasteiger partial charge < -0.3 is 0 Å². The standard InChI is InChI=1S/C11H17/c1-7-10-3-8-2-9(5-10)6-11(7)4-8/h7-11H,1-6H2. The van der Waals surface area contributed by atoms with Crippen LogP contribution < -0.4 is 0 Å². The van der Waals surface area contributed by atoms with Crippen molar-refractivity contribution in [1.29, 1.82) is 0 Å². The van der Waals surface area contributed by atoms with Gasteiger partial charge in [0.1, 0.15) is 0 Å². The molecule has 0 nitrogen and oxygen atoms in total. The molecule has 4 saturated carbocycles. The van der Waals surface area contributed by atoms with Crippen molar-refractivity contribution in [3.8, 4) is 0 Å². The Hall–Kier alpha value is 0. The van der Waals surface area contributed by atoms with E-state index < -0.39 is 0 Å². The van der Waals surface area contributed by atoms with Crippen molar-refractivity contribution in [3.05, 3.63) is 6.92 Å². The molecule has 4 rings (SSSR count). The summed E-state index contributed by atoms with van der Waals surface area (Å²) in [5.74, 6) is 5.14. The van der Waals surface area contributed by atoms with Gasteiger partial charge in [0.15, 0.2) is 0 Å². The van der Waals surface area contributed by atoms with E-state index in [1.54, 1.807) is 6.42 Å². The quantitative estimate of drug-likeness (QED) is 0.497. The van der Waals surface area contributed by atoms with Crippen LogP contribution in [0.15, 0.2) is 0 Å². The highest BCUT2D eigenvalue weighted by molar-refractivity contribution is 4.98. The molecule has 0 amide bonds. The van der Waals surface area contributed by atoms with Crippen molar-refractivity contribution in [2.45, 2.75) is 32.1 Å². The highest BCUT2D eigenvalue weighted by Crippen LogP contribution is 2.56. The first-order valence-electron chi connectivity index (χ1n) is 5.16. The van der Waals surface area contributed by atoms with Gasteiger partial charge in [0.2, 0.25) is 0 Å². The van der Waals surface area contributed by atoms with E-state index in [-0.39, 0.29) is 0 Å². The number of hydrogen-bond acceptors (Lipinski definition) is 0. The maximum absolute atomic E-state index is 4.34. The number of rotatable bonds is 0. The first-order chi connectivity index (χ1) is 5.33. The van der Waals surface area contributed by atoms with Crippen LogP contribution in [0.25, 0.3) is 0 Å². The Morgan fingerprint density at radius 3 is 1.64 bits per heavy atom. The predicted octanol–water partition coefficient (Wildman–Crippen LogP) is 2.89. The maximum atomic E-state index is 4.34. The van der Waals surface area contributed by atoms with Gasteiger partial charge in [0.05, 0.1) is 0 Å². The van der Waals surface area contributed by atoms with Crippen LogP contribution in [0.1, 0.15) is 32.1 Å². The van der Waals surface area contributed by atoms with Gasteiger partial charge in [0, 0.05) is 0 Å². The highest BCUT2D eigenvalue weighted by Gasteiger charge is 2.46. The average Bonchev–Trinajstić information content (AvgIpc) is 1.98. The molecule has 0 saturated heterocycles. The van der Waals surface area contributed by atoms with E-state index in [4.69, 9.17) is 0 Å². The minimum absolute atomic E-state index is 0.836. The zero-order valence-corrected chi connectivity index (χ0v) is 7.13. The van der Waals surface area contributed by atoms with E-state index in [1.165, 1.54) is 25.7 Å². The second kappa shape index (κ2) is 2.02. The van der Waals surface area contributed by atoms with Gasteiger partial charge in [0.25, 0.3) is 0 Å². The van der Waals surface area contributed by atoms with Crippen molar-refractivity contribution >= 4 is 0 Å². The molecule has 0 atom stereocenters. The van der Waals surface area contributed by atoms with Gasteiger partial charge in [-0.15, -0.1) is 0 Å². The zero-order valence-electron chi connectivity index (χ0n) is 7.13. The van der Waals surface area contributed by atoms with E-state index in [0.29, 0.717) is 0 Å². The predicted molar refractivity (Wildman–Crippen MR) is 45.9 cm³/mol. The fourth-order valence-electron chi connectivity index (χ4n) is 4.04. The molecule has 0 unspecified atom stereocenters. The fourth-order valence-corrected chi connectivity index (χ4v) is 4.04. The summed E-state index contributed by atoms with van der Waals surface area (Å²) in [6.45, 7) is 4.34. The van der Waals surface area contributed by atoms with Gasteiger partial charge in [-0.1, -0.05) is 0 Å². The van der Waals surface area contributed by atoms with Crippen LogP contribution in [0.5, 0.6) is 0 Å². The second-order valence-electron chi connectivity index (χ2n) is 5.09. The van der Waals surface area contributed by atoms with Crippen LogP contribution in [0.4, 0.5) is 0 Å². The van der Waals surface area contributed by atoms with Crippen molar-refractivity contribution in [2.24, 2.45) is 29.6 Å². The number of hydrogen-bond donors (Lipinski definition) is 0. The summed E-state index contributed by atoms with van der Waals surface area (Å²) >= 11 is 0. The van der Waals surface area contributed by atoms with Crippen LogP contribution in [-0.4, -0.2) is 0 Å². The Labute approximate surface area is 69.4 Å². The molecule has 0 aromatic carbocycles. The molecule has 0 spiro atoms. The minimum Gasteiger partial charge on any atom is -0.0496 e. The molecular weight excluding hydrogens is 132 g/mol. The lowest BCUT2D eigenvalue weighted by molar-refractivity contribution is -0.0173. The largest absolute Gasteiger partial charge is 0.0496 e. The van der Waals surface area contributed by atoms with Crippen LogP contribution >= 0.6 is 0 Å². The van der Waals surface area contributed by atoms with E-state index in [0.717, 1.165) is 29.6 Å². The summed E-state index contributed by atoms with van der Waals surface area (Å²) in [5.41, 5.74) is 0. The van der Waals surface area contributed by atoms with E-state index in [9.17, 15) is 0 Å². The SMILES string of the molecule is [CH2]C1C2CC3CC(C2)CC1C3. The summed E-state index contributed by atoms with van der Waals surface area (Å²) in [5, 5.41) is 0.